The van der Waals surface area contributed by atoms with Crippen molar-refractivity contribution < 1.29 is 24.8 Å². The molecule has 3 rings (SSSR count). The van der Waals surface area contributed by atoms with Gasteiger partial charge in [0.15, 0.2) is 12.2 Å². The number of nitrogens with zero attached hydrogens (tertiary/aromatic N) is 4. The Hall–Kier alpha value is -1.75. The molecule has 0 bridgehead atoms. The molecular formula is C12H19N5O5. The fourth-order valence-electron chi connectivity index (χ4n) is 2.99. The molecular weight excluding hydrogens is 294 g/mol. The Morgan fingerprint density at radius 3 is 2.86 bits per heavy atom. The van der Waals surface area contributed by atoms with Crippen molar-refractivity contribution >= 4 is 18.2 Å². The van der Waals surface area contributed by atoms with Gasteiger partial charge in [0, 0.05) is 13.0 Å². The molecule has 1 saturated heterocycles. The molecule has 122 valence electrons. The molecule has 0 radical (unpaired) electrons. The second-order valence-corrected chi connectivity index (χ2v) is 5.51. The van der Waals surface area contributed by atoms with E-state index in [1.165, 1.54) is 13.4 Å². The van der Waals surface area contributed by atoms with Gasteiger partial charge in [-0.05, 0) is 0 Å². The minimum absolute atomic E-state index is 0.0550. The van der Waals surface area contributed by atoms with E-state index in [1.807, 2.05) is 0 Å². The Kier molecular flexibility index (Phi) is 3.56. The van der Waals surface area contributed by atoms with Crippen molar-refractivity contribution in [2.75, 3.05) is 13.7 Å². The topological polar surface area (TPSA) is 145 Å². The molecule has 0 aromatic rings. The zero-order valence-corrected chi connectivity index (χ0v) is 12.2. The largest absolute Gasteiger partial charge is 0.495 e. The number of guanidine groups is 1. The maximum absolute atomic E-state index is 10.3. The zero-order chi connectivity index (χ0) is 16.1. The van der Waals surface area contributed by atoms with E-state index in [9.17, 15) is 15.3 Å². The number of nitrogens with two attached hydrogens (primary N) is 1. The van der Waals surface area contributed by atoms with Crippen LogP contribution in [0.3, 0.4) is 0 Å². The third-order valence-corrected chi connectivity index (χ3v) is 4.29. The predicted molar refractivity (Wildman–Crippen MR) is 76.5 cm³/mol. The number of fused-ring (bicyclic) bond motifs is 1. The molecule has 2 unspecified atom stereocenters. The number of rotatable bonds is 3. The summed E-state index contributed by atoms with van der Waals surface area (Å²) in [6, 6.07) is -0.660. The lowest BCUT2D eigenvalue weighted by atomic mass is 9.99. The van der Waals surface area contributed by atoms with Crippen molar-refractivity contribution in [3.05, 3.63) is 0 Å². The lowest BCUT2D eigenvalue weighted by molar-refractivity contribution is -0.271. The van der Waals surface area contributed by atoms with Crippen molar-refractivity contribution in [2.24, 2.45) is 26.6 Å². The Bertz CT molecular complexity index is 546. The van der Waals surface area contributed by atoms with Crippen LogP contribution >= 0.6 is 0 Å². The SMILES string of the molecule is CO[C@]1(CO)O[C@@H](N2C=NC3C(O)=NC(N)=NC32)[C@@H](C)[C@@H]1O. The molecule has 1 fully saturated rings. The smallest absolute Gasteiger partial charge is 0.220 e. The lowest BCUT2D eigenvalue weighted by Gasteiger charge is -2.33. The van der Waals surface area contributed by atoms with E-state index in [0.717, 1.165) is 0 Å². The van der Waals surface area contributed by atoms with Gasteiger partial charge in [-0.3, -0.25) is 4.99 Å². The monoisotopic (exact) mass is 313 g/mol. The van der Waals surface area contributed by atoms with Gasteiger partial charge in [0.2, 0.25) is 17.6 Å². The summed E-state index contributed by atoms with van der Waals surface area (Å²) in [5.41, 5.74) is 5.57. The van der Waals surface area contributed by atoms with Gasteiger partial charge in [-0.2, -0.15) is 4.99 Å². The average Bonchev–Trinajstić information content (AvgIpc) is 3.01. The highest BCUT2D eigenvalue weighted by molar-refractivity contribution is 5.98. The van der Waals surface area contributed by atoms with Gasteiger partial charge in [-0.25, -0.2) is 4.99 Å². The molecule has 5 N–H and O–H groups in total. The number of hydrogen-bond acceptors (Lipinski definition) is 9. The van der Waals surface area contributed by atoms with Crippen LogP contribution in [-0.2, 0) is 9.47 Å². The number of aliphatic hydroxyl groups excluding tert-OH is 3. The van der Waals surface area contributed by atoms with Crippen LogP contribution < -0.4 is 5.73 Å². The highest BCUT2D eigenvalue weighted by Gasteiger charge is 2.57. The molecule has 0 amide bonds. The summed E-state index contributed by atoms with van der Waals surface area (Å²) in [7, 11) is 1.35. The van der Waals surface area contributed by atoms with Crippen molar-refractivity contribution in [3.63, 3.8) is 0 Å². The highest BCUT2D eigenvalue weighted by Crippen LogP contribution is 2.39. The molecule has 0 aromatic carbocycles. The fraction of sp³-hybridized carbons (Fsp3) is 0.750. The average molecular weight is 313 g/mol. The van der Waals surface area contributed by atoms with Gasteiger partial charge < -0.3 is 35.4 Å². The van der Waals surface area contributed by atoms with E-state index >= 15 is 0 Å². The number of ether oxygens (including phenoxy) is 2. The molecule has 6 atom stereocenters. The minimum atomic E-state index is -1.50. The summed E-state index contributed by atoms with van der Waals surface area (Å²) in [6.45, 7) is 1.26. The summed E-state index contributed by atoms with van der Waals surface area (Å²) < 4.78 is 10.9. The Morgan fingerprint density at radius 2 is 2.27 bits per heavy atom. The first-order valence-electron chi connectivity index (χ1n) is 6.87. The second-order valence-electron chi connectivity index (χ2n) is 5.51. The van der Waals surface area contributed by atoms with Crippen LogP contribution in [-0.4, -0.2) is 82.5 Å². The molecule has 10 heteroatoms. The van der Waals surface area contributed by atoms with Gasteiger partial charge in [0.1, 0.15) is 12.3 Å². The van der Waals surface area contributed by atoms with Crippen LogP contribution in [0.4, 0.5) is 0 Å². The fourth-order valence-corrected chi connectivity index (χ4v) is 2.99. The van der Waals surface area contributed by atoms with Gasteiger partial charge in [0.05, 0.1) is 12.9 Å². The molecule has 0 aliphatic carbocycles. The standard InChI is InChI=1S/C12H19N5O5/c1-5-7(19)12(3-18,21-2)22-10(5)17-4-14-6-8(17)15-11(13)16-9(6)20/h4-8,10,18-19H,3H2,1-2H3,(H3,13,15,16,20)/t5-,6?,7-,8?,10+,12+/m0/s1. The predicted octanol–water partition coefficient (Wildman–Crippen LogP) is -2.00. The van der Waals surface area contributed by atoms with Crippen LogP contribution in [0.25, 0.3) is 0 Å². The van der Waals surface area contributed by atoms with Gasteiger partial charge in [-0.1, -0.05) is 6.92 Å². The molecule has 3 aliphatic heterocycles. The maximum atomic E-state index is 10.3. The van der Waals surface area contributed by atoms with E-state index in [1.54, 1.807) is 11.8 Å². The number of aliphatic imine (C=N–C) groups is 3. The van der Waals surface area contributed by atoms with Gasteiger partial charge in [-0.15, -0.1) is 0 Å². The summed E-state index contributed by atoms with van der Waals surface area (Å²) in [6.07, 6.45) is -0.820. The van der Waals surface area contributed by atoms with Crippen molar-refractivity contribution in [2.45, 2.75) is 37.3 Å². The van der Waals surface area contributed by atoms with Crippen LogP contribution in [0.1, 0.15) is 6.92 Å². The first-order chi connectivity index (χ1) is 10.4. The quantitative estimate of drug-likeness (QED) is 0.471. The molecule has 10 nitrogen and oxygen atoms in total. The summed E-state index contributed by atoms with van der Waals surface area (Å²) in [5, 5.41) is 29.7. The molecule has 22 heavy (non-hydrogen) atoms. The van der Waals surface area contributed by atoms with E-state index in [0.29, 0.717) is 0 Å². The minimum Gasteiger partial charge on any atom is -0.495 e. The van der Waals surface area contributed by atoms with E-state index in [4.69, 9.17) is 15.2 Å². The first kappa shape index (κ1) is 15.2. The van der Waals surface area contributed by atoms with Crippen LogP contribution in [0.2, 0.25) is 0 Å². The molecule has 3 heterocycles. The lowest BCUT2D eigenvalue weighted by Crippen LogP contribution is -2.49. The second kappa shape index (κ2) is 5.16. The maximum Gasteiger partial charge on any atom is 0.220 e. The van der Waals surface area contributed by atoms with Crippen molar-refractivity contribution in [1.29, 1.82) is 0 Å². The summed E-state index contributed by atoms with van der Waals surface area (Å²) in [4.78, 5) is 13.6. The Balaban J connectivity index is 1.87. The molecule has 3 aliphatic rings. The van der Waals surface area contributed by atoms with E-state index < -0.39 is 42.9 Å². The molecule has 0 spiro atoms. The van der Waals surface area contributed by atoms with Crippen LogP contribution in [0.5, 0.6) is 0 Å². The summed E-state index contributed by atoms with van der Waals surface area (Å²) >= 11 is 0. The number of hydrogen-bond donors (Lipinski definition) is 4. The van der Waals surface area contributed by atoms with E-state index in [-0.39, 0.29) is 11.9 Å². The first-order valence-corrected chi connectivity index (χ1v) is 6.87. The third kappa shape index (κ3) is 1.99. The number of methoxy groups -OCH3 is 1. The Labute approximate surface area is 126 Å². The van der Waals surface area contributed by atoms with Crippen LogP contribution in [0, 0.1) is 5.92 Å². The molecule has 0 aromatic heterocycles. The van der Waals surface area contributed by atoms with Crippen molar-refractivity contribution in [3.8, 4) is 0 Å². The van der Waals surface area contributed by atoms with E-state index in [2.05, 4.69) is 15.0 Å². The summed E-state index contributed by atoms with van der Waals surface area (Å²) in [5.74, 6) is -2.17. The van der Waals surface area contributed by atoms with Gasteiger partial charge in [0.25, 0.3) is 0 Å². The van der Waals surface area contributed by atoms with Crippen LogP contribution in [0.15, 0.2) is 15.0 Å². The highest BCUT2D eigenvalue weighted by atomic mass is 16.7. The molecule has 0 saturated carbocycles. The van der Waals surface area contributed by atoms with Crippen molar-refractivity contribution in [1.82, 2.24) is 4.90 Å². The number of aliphatic hydroxyl groups is 3. The third-order valence-electron chi connectivity index (χ3n) is 4.29. The Morgan fingerprint density at radius 1 is 1.55 bits per heavy atom. The normalized spacial score (nSPS) is 44.0. The van der Waals surface area contributed by atoms with Gasteiger partial charge >= 0.3 is 0 Å². The zero-order valence-electron chi connectivity index (χ0n) is 12.2.